The van der Waals surface area contributed by atoms with Crippen molar-refractivity contribution in [3.05, 3.63) is 57.1 Å². The van der Waals surface area contributed by atoms with Gasteiger partial charge in [-0.2, -0.15) is 10.5 Å². The molecule has 3 heterocycles. The number of halogens is 1. The highest BCUT2D eigenvalue weighted by Crippen LogP contribution is 2.38. The maximum absolute atomic E-state index is 9.88. The number of thiazole rings is 1. The van der Waals surface area contributed by atoms with Crippen molar-refractivity contribution in [3.8, 4) is 22.7 Å². The van der Waals surface area contributed by atoms with Gasteiger partial charge in [-0.25, -0.2) is 9.97 Å². The zero-order valence-corrected chi connectivity index (χ0v) is 18.9. The number of hydrogen-bond acceptors (Lipinski definition) is 8. The van der Waals surface area contributed by atoms with Crippen molar-refractivity contribution in [2.75, 3.05) is 12.3 Å². The van der Waals surface area contributed by atoms with Crippen LogP contribution in [0.4, 0.5) is 5.82 Å². The number of anilines is 1. The first-order chi connectivity index (χ1) is 15.1. The van der Waals surface area contributed by atoms with Crippen LogP contribution in [0.2, 0.25) is 5.02 Å². The van der Waals surface area contributed by atoms with E-state index in [0.717, 1.165) is 35.5 Å². The van der Waals surface area contributed by atoms with Crippen LogP contribution in [-0.4, -0.2) is 16.6 Å². The van der Waals surface area contributed by atoms with E-state index in [1.807, 2.05) is 29.6 Å². The van der Waals surface area contributed by atoms with Crippen molar-refractivity contribution >= 4 is 40.5 Å². The smallest absolute Gasteiger partial charge is 0.143 e. The minimum Gasteiger partial charge on any atom is -0.383 e. The van der Waals surface area contributed by atoms with Crippen LogP contribution in [0, 0.1) is 22.7 Å². The van der Waals surface area contributed by atoms with Crippen molar-refractivity contribution in [1.29, 1.82) is 10.5 Å². The van der Waals surface area contributed by atoms with E-state index in [-0.39, 0.29) is 17.5 Å². The molecule has 1 fully saturated rings. The molecule has 9 heteroatoms. The lowest BCUT2D eigenvalue weighted by Gasteiger charge is -2.25. The molecule has 0 aliphatic carbocycles. The summed E-state index contributed by atoms with van der Waals surface area (Å²) in [6.07, 6.45) is 2.41. The monoisotopic (exact) mass is 467 g/mol. The normalized spacial score (nSPS) is 15.9. The lowest BCUT2D eigenvalue weighted by atomic mass is 9.94. The summed E-state index contributed by atoms with van der Waals surface area (Å²) in [5.41, 5.74) is 9.15. The summed E-state index contributed by atoms with van der Waals surface area (Å²) in [6, 6.07) is 11.9. The minimum absolute atomic E-state index is 0.133. The lowest BCUT2D eigenvalue weighted by molar-refractivity contribution is 0.0145. The van der Waals surface area contributed by atoms with Gasteiger partial charge in [-0.1, -0.05) is 35.5 Å². The summed E-state index contributed by atoms with van der Waals surface area (Å²) in [7, 11) is 0. The molecule has 0 saturated carbocycles. The third-order valence-corrected chi connectivity index (χ3v) is 7.16. The Balaban J connectivity index is 1.60. The van der Waals surface area contributed by atoms with Crippen LogP contribution >= 0.6 is 34.7 Å². The second kappa shape index (κ2) is 9.67. The average Bonchev–Trinajstić information content (AvgIpc) is 3.27. The van der Waals surface area contributed by atoms with Gasteiger partial charge >= 0.3 is 0 Å². The van der Waals surface area contributed by atoms with Crippen molar-refractivity contribution < 1.29 is 4.74 Å². The number of nitrogens with zero attached hydrogens (tertiary/aromatic N) is 4. The van der Waals surface area contributed by atoms with E-state index in [9.17, 15) is 10.5 Å². The Morgan fingerprint density at radius 1 is 1.16 bits per heavy atom. The van der Waals surface area contributed by atoms with Crippen LogP contribution in [0.3, 0.4) is 0 Å². The van der Waals surface area contributed by atoms with Crippen molar-refractivity contribution in [1.82, 2.24) is 9.97 Å². The molecule has 1 aromatic carbocycles. The molecule has 1 atom stereocenters. The predicted molar refractivity (Wildman–Crippen MR) is 123 cm³/mol. The maximum atomic E-state index is 9.88. The SMILES string of the molecule is N#Cc1c(N)nc(SCc2csc(-c3ccc(Cl)cc3)n2)c(C#N)c1C1CCCCO1. The largest absolute Gasteiger partial charge is 0.383 e. The van der Waals surface area contributed by atoms with Crippen LogP contribution in [0.1, 0.15) is 47.8 Å². The first kappa shape index (κ1) is 21.6. The molecule has 3 aromatic rings. The van der Waals surface area contributed by atoms with Crippen molar-refractivity contribution in [3.63, 3.8) is 0 Å². The second-order valence-electron chi connectivity index (χ2n) is 6.98. The third-order valence-electron chi connectivity index (χ3n) is 4.96. The number of thioether (sulfide) groups is 1. The van der Waals surface area contributed by atoms with E-state index in [4.69, 9.17) is 22.1 Å². The number of nitrogen functional groups attached to an aromatic ring is 1. The number of nitriles is 2. The maximum Gasteiger partial charge on any atom is 0.143 e. The Kier molecular flexibility index (Phi) is 6.74. The van der Waals surface area contributed by atoms with E-state index < -0.39 is 0 Å². The van der Waals surface area contributed by atoms with Crippen molar-refractivity contribution in [2.24, 2.45) is 0 Å². The van der Waals surface area contributed by atoms with Crippen LogP contribution in [-0.2, 0) is 10.5 Å². The molecule has 0 spiro atoms. The summed E-state index contributed by atoms with van der Waals surface area (Å²) >= 11 is 8.90. The number of pyridine rings is 1. The van der Waals surface area contributed by atoms with E-state index in [1.54, 1.807) is 11.3 Å². The standard InChI is InChI=1S/C22H18ClN5OS2/c23-14-6-4-13(5-7-14)21-27-15(11-30-21)12-31-22-17(10-25)19(16(9-24)20(26)28-22)18-3-1-2-8-29-18/h4-7,11,18H,1-3,8,12H2,(H2,26,28). The molecule has 31 heavy (non-hydrogen) atoms. The van der Waals surface area contributed by atoms with Gasteiger partial charge < -0.3 is 10.5 Å². The molecule has 0 amide bonds. The van der Waals surface area contributed by atoms with Gasteiger partial charge in [0.05, 0.1) is 17.4 Å². The molecule has 2 N–H and O–H groups in total. The van der Waals surface area contributed by atoms with Gasteiger partial charge in [-0.15, -0.1) is 11.3 Å². The lowest BCUT2D eigenvalue weighted by Crippen LogP contribution is -2.16. The molecule has 156 valence electrons. The molecule has 1 saturated heterocycles. The Bertz CT molecular complexity index is 1170. The van der Waals surface area contributed by atoms with Crippen molar-refractivity contribution in [2.45, 2.75) is 36.1 Å². The zero-order valence-electron chi connectivity index (χ0n) is 16.5. The molecule has 4 rings (SSSR count). The van der Waals surface area contributed by atoms with Gasteiger partial charge in [0.25, 0.3) is 0 Å². The van der Waals surface area contributed by atoms with Crippen LogP contribution in [0.15, 0.2) is 34.7 Å². The number of benzene rings is 1. The highest BCUT2D eigenvalue weighted by molar-refractivity contribution is 7.98. The zero-order chi connectivity index (χ0) is 21.8. The molecule has 1 aliphatic heterocycles. The number of aromatic nitrogens is 2. The Morgan fingerprint density at radius 2 is 1.94 bits per heavy atom. The number of rotatable bonds is 5. The Hall–Kier alpha value is -2.62. The van der Waals surface area contributed by atoms with E-state index in [2.05, 4.69) is 22.1 Å². The average molecular weight is 468 g/mol. The van der Waals surface area contributed by atoms with E-state index in [1.165, 1.54) is 11.8 Å². The molecule has 0 radical (unpaired) electrons. The summed E-state index contributed by atoms with van der Waals surface area (Å²) in [4.78, 5) is 9.05. The molecule has 2 aromatic heterocycles. The number of ether oxygens (including phenoxy) is 1. The summed E-state index contributed by atoms with van der Waals surface area (Å²) < 4.78 is 5.87. The van der Waals surface area contributed by atoms with Gasteiger partial charge in [0.2, 0.25) is 0 Å². The second-order valence-corrected chi connectivity index (χ2v) is 9.24. The molecule has 1 unspecified atom stereocenters. The molecular weight excluding hydrogens is 450 g/mol. The fraction of sp³-hybridized carbons (Fsp3) is 0.273. The number of nitrogens with two attached hydrogens (primary N) is 1. The topological polar surface area (TPSA) is 109 Å². The van der Waals surface area contributed by atoms with Crippen LogP contribution in [0.5, 0.6) is 0 Å². The van der Waals surface area contributed by atoms with Gasteiger partial charge in [0.15, 0.2) is 0 Å². The quantitative estimate of drug-likeness (QED) is 0.478. The molecule has 1 aliphatic rings. The molecule has 6 nitrogen and oxygen atoms in total. The Labute approximate surface area is 193 Å². The van der Waals surface area contributed by atoms with Gasteiger partial charge in [-0.3, -0.25) is 0 Å². The fourth-order valence-electron chi connectivity index (χ4n) is 3.46. The molecule has 0 bridgehead atoms. The van der Waals surface area contributed by atoms with Crippen LogP contribution < -0.4 is 5.73 Å². The Morgan fingerprint density at radius 3 is 2.61 bits per heavy atom. The number of hydrogen-bond donors (Lipinski definition) is 1. The third kappa shape index (κ3) is 4.68. The summed E-state index contributed by atoms with van der Waals surface area (Å²) in [6.45, 7) is 0.609. The highest BCUT2D eigenvalue weighted by atomic mass is 35.5. The predicted octanol–water partition coefficient (Wildman–Crippen LogP) is 5.72. The van der Waals surface area contributed by atoms with Gasteiger partial charge in [-0.05, 0) is 31.4 Å². The first-order valence-electron chi connectivity index (χ1n) is 9.69. The van der Waals surface area contributed by atoms with Crippen LogP contribution in [0.25, 0.3) is 10.6 Å². The van der Waals surface area contributed by atoms with Gasteiger partial charge in [0.1, 0.15) is 33.6 Å². The highest BCUT2D eigenvalue weighted by Gasteiger charge is 2.27. The minimum atomic E-state index is -0.307. The first-order valence-corrected chi connectivity index (χ1v) is 11.9. The van der Waals surface area contributed by atoms with Gasteiger partial charge in [0, 0.05) is 33.9 Å². The summed E-state index contributed by atoms with van der Waals surface area (Å²) in [5.74, 6) is 0.663. The van der Waals surface area contributed by atoms with E-state index >= 15 is 0 Å². The fourth-order valence-corrected chi connectivity index (χ4v) is 5.41. The van der Waals surface area contributed by atoms with E-state index in [0.29, 0.717) is 33.5 Å². The molecular formula is C22H18ClN5OS2. The summed E-state index contributed by atoms with van der Waals surface area (Å²) in [5, 5.41) is 23.6.